The maximum absolute atomic E-state index is 12.7. The summed E-state index contributed by atoms with van der Waals surface area (Å²) in [6.45, 7) is 6.12. The quantitative estimate of drug-likeness (QED) is 0.666. The molecule has 3 nitrogen and oxygen atoms in total. The number of para-hydroxylation sites is 1. The normalized spacial score (nSPS) is 12.0. The van der Waals surface area contributed by atoms with Gasteiger partial charge in [0, 0.05) is 5.56 Å². The largest absolute Gasteiger partial charge is 0.440 e. The van der Waals surface area contributed by atoms with E-state index in [1.165, 1.54) is 5.56 Å². The highest BCUT2D eigenvalue weighted by molar-refractivity contribution is 7.60. The molecule has 0 aliphatic rings. The average Bonchev–Trinajstić information content (AvgIpc) is 2.60. The van der Waals surface area contributed by atoms with E-state index in [0.29, 0.717) is 11.3 Å². The Kier molecular flexibility index (Phi) is 6.18. The summed E-state index contributed by atoms with van der Waals surface area (Å²) in [6, 6.07) is 12.9. The predicted octanol–water partition coefficient (Wildman–Crippen LogP) is 5.07. The molecule has 2 aromatic carbocycles. The van der Waals surface area contributed by atoms with E-state index in [2.05, 4.69) is 6.92 Å². The van der Waals surface area contributed by atoms with Crippen LogP contribution in [0.3, 0.4) is 0 Å². The van der Waals surface area contributed by atoms with Crippen molar-refractivity contribution < 1.29 is 13.9 Å². The third-order valence-corrected chi connectivity index (χ3v) is 4.94. The monoisotopic (exact) mass is 330 g/mol. The van der Waals surface area contributed by atoms with Gasteiger partial charge in [-0.2, -0.15) is 0 Å². The minimum atomic E-state index is -2.84. The van der Waals surface area contributed by atoms with E-state index in [1.54, 1.807) is 24.3 Å². The second-order valence-electron chi connectivity index (χ2n) is 5.38. The molecule has 0 radical (unpaired) electrons. The van der Waals surface area contributed by atoms with E-state index in [9.17, 15) is 9.36 Å². The van der Waals surface area contributed by atoms with Crippen LogP contribution < -0.4 is 4.52 Å². The van der Waals surface area contributed by atoms with Gasteiger partial charge in [-0.3, -0.25) is 9.36 Å². The minimum absolute atomic E-state index is 0.379. The number of carbonyl (C=O) groups excluding carboxylic acids is 1. The number of benzene rings is 2. The lowest BCUT2D eigenvalue weighted by molar-refractivity contribution is 0.106. The van der Waals surface area contributed by atoms with Crippen LogP contribution in [-0.2, 0) is 23.8 Å². The number of carbonyl (C=O) groups is 1. The lowest BCUT2D eigenvalue weighted by Crippen LogP contribution is -2.07. The van der Waals surface area contributed by atoms with Crippen LogP contribution in [0.4, 0.5) is 0 Å². The van der Waals surface area contributed by atoms with Gasteiger partial charge < -0.3 is 4.52 Å². The maximum Gasteiger partial charge on any atom is 0.305 e. The van der Waals surface area contributed by atoms with E-state index in [-0.39, 0.29) is 5.52 Å². The molecule has 0 bridgehead atoms. The van der Waals surface area contributed by atoms with E-state index in [4.69, 9.17) is 4.52 Å². The van der Waals surface area contributed by atoms with Crippen LogP contribution in [0.2, 0.25) is 0 Å². The van der Waals surface area contributed by atoms with Gasteiger partial charge in [-0.15, -0.1) is 0 Å². The average molecular weight is 330 g/mol. The van der Waals surface area contributed by atoms with Crippen molar-refractivity contribution >= 4 is 13.6 Å². The van der Waals surface area contributed by atoms with Crippen molar-refractivity contribution in [2.24, 2.45) is 0 Å². The van der Waals surface area contributed by atoms with Crippen LogP contribution in [0.1, 0.15) is 47.8 Å². The Bertz CT molecular complexity index is 683. The molecule has 0 N–H and O–H groups in total. The molecular weight excluding hydrogens is 307 g/mol. The molecule has 0 amide bonds. The highest BCUT2D eigenvalue weighted by atomic mass is 31.1. The number of hydrogen-bond acceptors (Lipinski definition) is 3. The molecule has 122 valence electrons. The van der Waals surface area contributed by atoms with Crippen molar-refractivity contribution in [2.75, 3.05) is 0 Å². The Hall–Kier alpha value is -1.86. The summed E-state index contributed by atoms with van der Waals surface area (Å²) < 4.78 is 17.8. The van der Waals surface area contributed by atoms with Crippen molar-refractivity contribution in [2.45, 2.75) is 40.0 Å². The topological polar surface area (TPSA) is 43.4 Å². The van der Waals surface area contributed by atoms with Crippen molar-refractivity contribution in [1.82, 2.24) is 0 Å². The smallest absolute Gasteiger partial charge is 0.305 e. The molecule has 4 heteroatoms. The summed E-state index contributed by atoms with van der Waals surface area (Å²) in [6.07, 6.45) is 2.40. The molecule has 0 heterocycles. The first kappa shape index (κ1) is 17.5. The molecule has 0 aliphatic carbocycles. The second-order valence-corrected chi connectivity index (χ2v) is 6.61. The van der Waals surface area contributed by atoms with Gasteiger partial charge in [0.25, 0.3) is 5.52 Å². The zero-order chi connectivity index (χ0) is 16.8. The third kappa shape index (κ3) is 4.11. The molecule has 0 fully saturated rings. The Morgan fingerprint density at radius 1 is 0.957 bits per heavy atom. The summed E-state index contributed by atoms with van der Waals surface area (Å²) in [5.41, 5.74) is 3.34. The molecule has 2 rings (SSSR count). The van der Waals surface area contributed by atoms with Crippen LogP contribution in [0, 0.1) is 0 Å². The molecule has 0 spiro atoms. The molecule has 2 aromatic rings. The fraction of sp³-hybridized carbons (Fsp3) is 0.316. The van der Waals surface area contributed by atoms with Crippen LogP contribution in [0.5, 0.6) is 5.75 Å². The van der Waals surface area contributed by atoms with E-state index < -0.39 is 8.03 Å². The molecule has 0 saturated carbocycles. The Balaban J connectivity index is 2.36. The summed E-state index contributed by atoms with van der Waals surface area (Å²) in [7, 11) is -2.84. The van der Waals surface area contributed by atoms with Gasteiger partial charge in [-0.05, 0) is 48.1 Å². The molecule has 0 saturated heterocycles. The van der Waals surface area contributed by atoms with E-state index in [0.717, 1.165) is 30.4 Å². The van der Waals surface area contributed by atoms with Crippen LogP contribution in [0.25, 0.3) is 0 Å². The lowest BCUT2D eigenvalue weighted by Gasteiger charge is -2.14. The van der Waals surface area contributed by atoms with Gasteiger partial charge in [0.1, 0.15) is 5.75 Å². The van der Waals surface area contributed by atoms with Crippen molar-refractivity contribution in [3.63, 3.8) is 0 Å². The summed E-state index contributed by atoms with van der Waals surface area (Å²) >= 11 is 0. The van der Waals surface area contributed by atoms with E-state index in [1.807, 2.05) is 32.0 Å². The Morgan fingerprint density at radius 2 is 1.52 bits per heavy atom. The van der Waals surface area contributed by atoms with Gasteiger partial charge >= 0.3 is 8.03 Å². The van der Waals surface area contributed by atoms with Gasteiger partial charge in [-0.1, -0.05) is 51.1 Å². The Morgan fingerprint density at radius 3 is 2.00 bits per heavy atom. The molecule has 23 heavy (non-hydrogen) atoms. The fourth-order valence-electron chi connectivity index (χ4n) is 2.64. The van der Waals surface area contributed by atoms with Crippen LogP contribution in [0.15, 0.2) is 42.5 Å². The molecule has 0 aromatic heterocycles. The van der Waals surface area contributed by atoms with Crippen molar-refractivity contribution in [1.29, 1.82) is 0 Å². The third-order valence-electron chi connectivity index (χ3n) is 3.90. The summed E-state index contributed by atoms with van der Waals surface area (Å²) in [5.74, 6) is 0.464. The maximum atomic E-state index is 12.7. The van der Waals surface area contributed by atoms with Crippen molar-refractivity contribution in [3.05, 3.63) is 64.7 Å². The van der Waals surface area contributed by atoms with Crippen LogP contribution >= 0.6 is 8.03 Å². The zero-order valence-corrected chi connectivity index (χ0v) is 14.9. The van der Waals surface area contributed by atoms with E-state index >= 15 is 0 Å². The highest BCUT2D eigenvalue weighted by Crippen LogP contribution is 2.34. The highest BCUT2D eigenvalue weighted by Gasteiger charge is 2.22. The number of aryl methyl sites for hydroxylation is 3. The first-order chi connectivity index (χ1) is 11.1. The Labute approximate surface area is 138 Å². The number of hydrogen-bond donors (Lipinski definition) is 0. The van der Waals surface area contributed by atoms with Gasteiger partial charge in [0.05, 0.1) is 0 Å². The fourth-order valence-corrected chi connectivity index (χ4v) is 3.61. The first-order valence-corrected chi connectivity index (χ1v) is 9.38. The number of rotatable bonds is 7. The summed E-state index contributed by atoms with van der Waals surface area (Å²) in [5, 5.41) is 0. The minimum Gasteiger partial charge on any atom is -0.440 e. The standard InChI is InChI=1S/C19H23O3P/c1-4-14-12-15(5-2)18(16(6-3)13-14)19(20)23(21)22-17-10-8-7-9-11-17/h7-13,23H,4-6H2,1-3H3. The van der Waals surface area contributed by atoms with Gasteiger partial charge in [0.2, 0.25) is 0 Å². The van der Waals surface area contributed by atoms with Crippen LogP contribution in [-0.4, -0.2) is 5.52 Å². The second kappa shape index (κ2) is 8.12. The predicted molar refractivity (Wildman–Crippen MR) is 95.0 cm³/mol. The van der Waals surface area contributed by atoms with Crippen molar-refractivity contribution in [3.8, 4) is 5.75 Å². The van der Waals surface area contributed by atoms with Gasteiger partial charge in [0.15, 0.2) is 0 Å². The summed E-state index contributed by atoms with van der Waals surface area (Å²) in [4.78, 5) is 12.7. The SMILES string of the molecule is CCc1cc(CC)c(C(=O)[PH](=O)Oc2ccccc2)c(CC)c1. The first-order valence-electron chi connectivity index (χ1n) is 8.06. The molecule has 1 unspecified atom stereocenters. The lowest BCUT2D eigenvalue weighted by atomic mass is 9.94. The molecule has 0 aliphatic heterocycles. The zero-order valence-electron chi connectivity index (χ0n) is 13.9. The molecular formula is C19H23O3P. The molecule has 1 atom stereocenters. The van der Waals surface area contributed by atoms with Gasteiger partial charge in [-0.25, -0.2) is 0 Å².